The highest BCUT2D eigenvalue weighted by Gasteiger charge is 2.18. The number of halogens is 1. The summed E-state index contributed by atoms with van der Waals surface area (Å²) in [6, 6.07) is 8.43. The third-order valence-corrected chi connectivity index (χ3v) is 5.89. The van der Waals surface area contributed by atoms with Crippen LogP contribution in [0.15, 0.2) is 37.8 Å². The first-order valence-corrected chi connectivity index (χ1v) is 9.44. The number of fused-ring (bicyclic) bond motifs is 3. The lowest BCUT2D eigenvalue weighted by Crippen LogP contribution is -2.36. The number of aromatic nitrogens is 2. The van der Waals surface area contributed by atoms with Crippen LogP contribution in [-0.2, 0) is 4.74 Å². The Hall–Kier alpha value is -1.83. The maximum atomic E-state index is 6.16. The van der Waals surface area contributed by atoms with E-state index >= 15 is 0 Å². The van der Waals surface area contributed by atoms with Crippen molar-refractivity contribution in [3.63, 3.8) is 0 Å². The predicted molar refractivity (Wildman–Crippen MR) is 99.9 cm³/mol. The van der Waals surface area contributed by atoms with Crippen molar-refractivity contribution in [3.05, 3.63) is 33.4 Å². The first-order chi connectivity index (χ1) is 11.8. The highest BCUT2D eigenvalue weighted by Crippen LogP contribution is 2.37. The van der Waals surface area contributed by atoms with Gasteiger partial charge in [-0.1, -0.05) is 0 Å². The van der Waals surface area contributed by atoms with E-state index in [2.05, 4.69) is 60.7 Å². The van der Waals surface area contributed by atoms with Gasteiger partial charge in [-0.2, -0.15) is 5.10 Å². The Labute approximate surface area is 150 Å². The summed E-state index contributed by atoms with van der Waals surface area (Å²) in [5.41, 5.74) is 5.75. The lowest BCUT2D eigenvalue weighted by molar-refractivity contribution is 0.122. The van der Waals surface area contributed by atoms with E-state index in [0.29, 0.717) is 0 Å². The second-order valence-corrected chi connectivity index (χ2v) is 8.09. The molecule has 0 aliphatic carbocycles. The van der Waals surface area contributed by atoms with E-state index in [1.165, 1.54) is 5.69 Å². The highest BCUT2D eigenvalue weighted by atomic mass is 79.9. The molecule has 7 heteroatoms. The summed E-state index contributed by atoms with van der Waals surface area (Å²) in [6.45, 7) is 3.38. The largest absolute Gasteiger partial charge is 0.452 e. The first kappa shape index (κ1) is 14.5. The van der Waals surface area contributed by atoms with E-state index in [1.54, 1.807) is 11.3 Å². The average Bonchev–Trinajstić information content (AvgIpc) is 3.29. The fourth-order valence-corrected chi connectivity index (χ4v) is 4.31. The molecule has 1 saturated heterocycles. The standard InChI is InChI=1S/C17H14BrN3O2S/c18-14-7-10(9-24-14)15-17-16(20-19-15)12-2-1-11(8-13(12)23-17)21-3-5-22-6-4-21/h1-2,7-9H,3-6H2,(H,19,20). The van der Waals surface area contributed by atoms with Crippen LogP contribution in [0.5, 0.6) is 0 Å². The van der Waals surface area contributed by atoms with Crippen molar-refractivity contribution < 1.29 is 9.15 Å². The lowest BCUT2D eigenvalue weighted by Gasteiger charge is -2.28. The maximum absolute atomic E-state index is 6.16. The minimum atomic E-state index is 0.776. The van der Waals surface area contributed by atoms with Gasteiger partial charge in [0.2, 0.25) is 0 Å². The Bertz CT molecular complexity index is 1030. The zero-order valence-electron chi connectivity index (χ0n) is 12.7. The fraction of sp³-hybridized carbons (Fsp3) is 0.235. The quantitative estimate of drug-likeness (QED) is 0.529. The van der Waals surface area contributed by atoms with Gasteiger partial charge in [-0.25, -0.2) is 0 Å². The molecule has 0 unspecified atom stereocenters. The summed E-state index contributed by atoms with van der Waals surface area (Å²) in [5.74, 6) is 0. The molecule has 24 heavy (non-hydrogen) atoms. The molecule has 4 aromatic rings. The van der Waals surface area contributed by atoms with Crippen molar-refractivity contribution in [1.82, 2.24) is 10.2 Å². The van der Waals surface area contributed by atoms with E-state index in [0.717, 1.165) is 63.4 Å². The summed E-state index contributed by atoms with van der Waals surface area (Å²) in [5, 5.41) is 10.7. The highest BCUT2D eigenvalue weighted by molar-refractivity contribution is 9.11. The van der Waals surface area contributed by atoms with E-state index in [1.807, 2.05) is 0 Å². The Morgan fingerprint density at radius 2 is 2.08 bits per heavy atom. The number of morpholine rings is 1. The third kappa shape index (κ3) is 2.27. The van der Waals surface area contributed by atoms with Crippen LogP contribution in [0.2, 0.25) is 0 Å². The molecule has 0 saturated carbocycles. The number of rotatable bonds is 2. The molecule has 0 amide bonds. The maximum Gasteiger partial charge on any atom is 0.181 e. The van der Waals surface area contributed by atoms with Crippen LogP contribution in [0.1, 0.15) is 0 Å². The molecule has 122 valence electrons. The first-order valence-electron chi connectivity index (χ1n) is 7.77. The molecule has 1 aliphatic rings. The minimum Gasteiger partial charge on any atom is -0.452 e. The van der Waals surface area contributed by atoms with Crippen molar-refractivity contribution in [2.75, 3.05) is 31.2 Å². The number of furan rings is 1. The van der Waals surface area contributed by atoms with Crippen LogP contribution in [-0.4, -0.2) is 36.5 Å². The second kappa shape index (κ2) is 5.61. The monoisotopic (exact) mass is 403 g/mol. The van der Waals surface area contributed by atoms with Crippen molar-refractivity contribution in [3.8, 4) is 11.3 Å². The number of hydrogen-bond acceptors (Lipinski definition) is 5. The van der Waals surface area contributed by atoms with E-state index in [4.69, 9.17) is 9.15 Å². The molecular formula is C17H14BrN3O2S. The van der Waals surface area contributed by atoms with Gasteiger partial charge < -0.3 is 14.1 Å². The molecule has 1 fully saturated rings. The Balaban J connectivity index is 1.63. The summed E-state index contributed by atoms with van der Waals surface area (Å²) < 4.78 is 12.7. The van der Waals surface area contributed by atoms with Crippen LogP contribution in [0.25, 0.3) is 33.3 Å². The zero-order valence-corrected chi connectivity index (χ0v) is 15.1. The third-order valence-electron chi connectivity index (χ3n) is 4.39. The summed E-state index contributed by atoms with van der Waals surface area (Å²) in [7, 11) is 0. The summed E-state index contributed by atoms with van der Waals surface area (Å²) in [6.07, 6.45) is 0. The van der Waals surface area contributed by atoms with Gasteiger partial charge in [0.25, 0.3) is 0 Å². The van der Waals surface area contributed by atoms with Crippen LogP contribution in [0, 0.1) is 0 Å². The molecule has 4 heterocycles. The molecule has 1 aromatic carbocycles. The minimum absolute atomic E-state index is 0.776. The van der Waals surface area contributed by atoms with Gasteiger partial charge in [0.15, 0.2) is 5.58 Å². The molecule has 1 aliphatic heterocycles. The molecule has 1 N–H and O–H groups in total. The Morgan fingerprint density at radius 1 is 1.21 bits per heavy atom. The van der Waals surface area contributed by atoms with Gasteiger partial charge in [-0.05, 0) is 34.1 Å². The molecule has 0 bridgehead atoms. The van der Waals surface area contributed by atoms with Crippen LogP contribution in [0.4, 0.5) is 5.69 Å². The molecule has 3 aromatic heterocycles. The molecular weight excluding hydrogens is 390 g/mol. The summed E-state index contributed by atoms with van der Waals surface area (Å²) >= 11 is 5.15. The van der Waals surface area contributed by atoms with Crippen LogP contribution < -0.4 is 4.90 Å². The van der Waals surface area contributed by atoms with Crippen molar-refractivity contribution in [1.29, 1.82) is 0 Å². The fourth-order valence-electron chi connectivity index (χ4n) is 3.17. The molecule has 0 atom stereocenters. The van der Waals surface area contributed by atoms with Gasteiger partial charge in [-0.15, -0.1) is 11.3 Å². The number of nitrogens with one attached hydrogen (secondary N) is 1. The van der Waals surface area contributed by atoms with Crippen molar-refractivity contribution in [2.45, 2.75) is 0 Å². The summed E-state index contributed by atoms with van der Waals surface area (Å²) in [4.78, 5) is 2.33. The number of hydrogen-bond donors (Lipinski definition) is 1. The van der Waals surface area contributed by atoms with Gasteiger partial charge >= 0.3 is 0 Å². The van der Waals surface area contributed by atoms with Crippen LogP contribution >= 0.6 is 27.3 Å². The smallest absolute Gasteiger partial charge is 0.181 e. The van der Waals surface area contributed by atoms with Crippen molar-refractivity contribution >= 4 is 55.0 Å². The van der Waals surface area contributed by atoms with E-state index in [-0.39, 0.29) is 0 Å². The SMILES string of the molecule is Brc1cc(-c2n[nH]c3c2oc2cc(N4CCOCC4)ccc23)cs1. The lowest BCUT2D eigenvalue weighted by atomic mass is 10.2. The van der Waals surface area contributed by atoms with Gasteiger partial charge in [0.1, 0.15) is 16.8 Å². The number of anilines is 1. The number of ether oxygens (including phenoxy) is 1. The zero-order chi connectivity index (χ0) is 16.1. The Morgan fingerprint density at radius 3 is 2.88 bits per heavy atom. The normalized spacial score (nSPS) is 15.6. The Kier molecular flexibility index (Phi) is 3.39. The molecule has 0 radical (unpaired) electrons. The van der Waals surface area contributed by atoms with E-state index in [9.17, 15) is 0 Å². The molecule has 5 rings (SSSR count). The average molecular weight is 404 g/mol. The van der Waals surface area contributed by atoms with Crippen LogP contribution in [0.3, 0.4) is 0 Å². The second-order valence-electron chi connectivity index (χ2n) is 5.80. The topological polar surface area (TPSA) is 54.3 Å². The number of aromatic amines is 1. The predicted octanol–water partition coefficient (Wildman–Crippen LogP) is 4.64. The van der Waals surface area contributed by atoms with Gasteiger partial charge in [-0.3, -0.25) is 5.10 Å². The number of benzene rings is 1. The van der Waals surface area contributed by atoms with Gasteiger partial charge in [0, 0.05) is 41.2 Å². The van der Waals surface area contributed by atoms with Gasteiger partial charge in [0.05, 0.1) is 17.0 Å². The number of thiophene rings is 1. The molecule has 5 nitrogen and oxygen atoms in total. The number of H-pyrrole nitrogens is 1. The van der Waals surface area contributed by atoms with Crippen molar-refractivity contribution in [2.24, 2.45) is 0 Å². The van der Waals surface area contributed by atoms with E-state index < -0.39 is 0 Å². The number of nitrogens with zero attached hydrogens (tertiary/aromatic N) is 2. The molecule has 0 spiro atoms.